The first-order valence-electron chi connectivity index (χ1n) is 5.93. The van der Waals surface area contributed by atoms with Crippen LogP contribution in [-0.4, -0.2) is 16.0 Å². The molecule has 6 heteroatoms. The molecule has 0 bridgehead atoms. The fourth-order valence-electron chi connectivity index (χ4n) is 1.58. The fourth-order valence-corrected chi connectivity index (χ4v) is 1.75. The number of nitrogens with one attached hydrogen (secondary N) is 1. The third-order valence-electron chi connectivity index (χ3n) is 2.41. The number of aromatic nitrogens is 2. The zero-order valence-electron chi connectivity index (χ0n) is 10.7. The molecule has 2 rings (SSSR count). The van der Waals surface area contributed by atoms with E-state index in [4.69, 9.17) is 16.1 Å². The van der Waals surface area contributed by atoms with E-state index in [0.717, 1.165) is 6.42 Å². The fraction of sp³-hybridized carbons (Fsp3) is 0.308. The van der Waals surface area contributed by atoms with Crippen LogP contribution >= 0.6 is 11.6 Å². The summed E-state index contributed by atoms with van der Waals surface area (Å²) < 4.78 is 5.11. The van der Waals surface area contributed by atoms with Crippen molar-refractivity contribution < 1.29 is 9.32 Å². The SMILES string of the molecule is CC(C)Cc1cc(C(=O)Nc2cccnc2Cl)no1. The van der Waals surface area contributed by atoms with Gasteiger partial charge in [-0.15, -0.1) is 0 Å². The van der Waals surface area contributed by atoms with Crippen molar-refractivity contribution in [1.29, 1.82) is 0 Å². The molecule has 0 saturated heterocycles. The molecule has 0 unspecified atom stereocenters. The largest absolute Gasteiger partial charge is 0.361 e. The Balaban J connectivity index is 2.08. The van der Waals surface area contributed by atoms with E-state index in [0.29, 0.717) is 17.4 Å². The van der Waals surface area contributed by atoms with Gasteiger partial charge in [-0.25, -0.2) is 4.98 Å². The number of rotatable bonds is 4. The maximum absolute atomic E-state index is 11.9. The van der Waals surface area contributed by atoms with E-state index in [2.05, 4.69) is 29.3 Å². The molecule has 0 spiro atoms. The molecule has 2 aromatic heterocycles. The lowest BCUT2D eigenvalue weighted by molar-refractivity contribution is 0.101. The minimum atomic E-state index is -0.367. The van der Waals surface area contributed by atoms with Gasteiger partial charge in [-0.3, -0.25) is 4.79 Å². The van der Waals surface area contributed by atoms with Crippen LogP contribution in [0.25, 0.3) is 0 Å². The summed E-state index contributed by atoms with van der Waals surface area (Å²) in [4.78, 5) is 15.8. The molecule has 0 aromatic carbocycles. The topological polar surface area (TPSA) is 68.0 Å². The van der Waals surface area contributed by atoms with Gasteiger partial charge in [-0.1, -0.05) is 30.6 Å². The Bertz CT molecular complexity index is 581. The Labute approximate surface area is 116 Å². The molecule has 0 atom stereocenters. The van der Waals surface area contributed by atoms with Gasteiger partial charge in [0.2, 0.25) is 0 Å². The van der Waals surface area contributed by atoms with Crippen LogP contribution in [0.1, 0.15) is 30.1 Å². The van der Waals surface area contributed by atoms with Crippen LogP contribution in [0.5, 0.6) is 0 Å². The summed E-state index contributed by atoms with van der Waals surface area (Å²) in [6.07, 6.45) is 2.29. The molecule has 2 heterocycles. The van der Waals surface area contributed by atoms with Gasteiger partial charge in [0.15, 0.2) is 10.8 Å². The number of halogens is 1. The molecule has 0 radical (unpaired) electrons. The van der Waals surface area contributed by atoms with Gasteiger partial charge in [0.25, 0.3) is 5.91 Å². The second-order valence-corrected chi connectivity index (χ2v) is 4.93. The Morgan fingerprint density at radius 2 is 2.32 bits per heavy atom. The van der Waals surface area contributed by atoms with Crippen LogP contribution < -0.4 is 5.32 Å². The molecular formula is C13H14ClN3O2. The lowest BCUT2D eigenvalue weighted by atomic mass is 10.1. The smallest absolute Gasteiger partial charge is 0.277 e. The molecule has 19 heavy (non-hydrogen) atoms. The second kappa shape index (κ2) is 5.84. The number of anilines is 1. The maximum Gasteiger partial charge on any atom is 0.277 e. The first-order chi connectivity index (χ1) is 9.06. The average molecular weight is 280 g/mol. The molecule has 100 valence electrons. The van der Waals surface area contributed by atoms with Crippen LogP contribution in [0.15, 0.2) is 28.9 Å². The zero-order valence-corrected chi connectivity index (χ0v) is 11.4. The third-order valence-corrected chi connectivity index (χ3v) is 2.71. The highest BCUT2D eigenvalue weighted by molar-refractivity contribution is 6.32. The number of hydrogen-bond donors (Lipinski definition) is 1. The van der Waals surface area contributed by atoms with Gasteiger partial charge in [0, 0.05) is 18.7 Å². The highest BCUT2D eigenvalue weighted by Crippen LogP contribution is 2.18. The molecule has 0 saturated carbocycles. The van der Waals surface area contributed by atoms with Gasteiger partial charge < -0.3 is 9.84 Å². The van der Waals surface area contributed by atoms with Crippen LogP contribution in [0.4, 0.5) is 5.69 Å². The predicted octanol–water partition coefficient (Wildman–Crippen LogP) is 3.17. The Kier molecular flexibility index (Phi) is 4.16. The summed E-state index contributed by atoms with van der Waals surface area (Å²) in [5, 5.41) is 6.62. The molecule has 0 aliphatic heterocycles. The van der Waals surface area contributed by atoms with E-state index in [-0.39, 0.29) is 16.8 Å². The summed E-state index contributed by atoms with van der Waals surface area (Å²) in [5.41, 5.74) is 0.679. The van der Waals surface area contributed by atoms with E-state index in [9.17, 15) is 4.79 Å². The van der Waals surface area contributed by atoms with Gasteiger partial charge in [-0.05, 0) is 18.1 Å². The monoisotopic (exact) mass is 279 g/mol. The highest BCUT2D eigenvalue weighted by Gasteiger charge is 2.14. The minimum absolute atomic E-state index is 0.232. The first-order valence-corrected chi connectivity index (χ1v) is 6.31. The standard InChI is InChI=1S/C13H14ClN3O2/c1-8(2)6-9-7-11(17-19-9)13(18)16-10-4-3-5-15-12(10)14/h3-5,7-8H,6H2,1-2H3,(H,16,18). The molecule has 5 nitrogen and oxygen atoms in total. The maximum atomic E-state index is 11.9. The normalized spacial score (nSPS) is 10.7. The van der Waals surface area contributed by atoms with Crippen molar-refractivity contribution >= 4 is 23.2 Å². The first kappa shape index (κ1) is 13.5. The predicted molar refractivity (Wildman–Crippen MR) is 72.2 cm³/mol. The van der Waals surface area contributed by atoms with E-state index in [1.54, 1.807) is 24.4 Å². The van der Waals surface area contributed by atoms with Crippen molar-refractivity contribution in [3.8, 4) is 0 Å². The molecule has 1 amide bonds. The molecular weight excluding hydrogens is 266 g/mol. The molecule has 0 aliphatic carbocycles. The van der Waals surface area contributed by atoms with Crippen molar-refractivity contribution in [3.63, 3.8) is 0 Å². The van der Waals surface area contributed by atoms with Crippen molar-refractivity contribution in [2.24, 2.45) is 5.92 Å². The Morgan fingerprint density at radius 1 is 1.53 bits per heavy atom. The summed E-state index contributed by atoms with van der Waals surface area (Å²) in [6, 6.07) is 5.00. The lowest BCUT2D eigenvalue weighted by Crippen LogP contribution is -2.12. The number of nitrogens with zero attached hydrogens (tertiary/aromatic N) is 2. The average Bonchev–Trinajstić information content (AvgIpc) is 2.79. The van der Waals surface area contributed by atoms with Crippen LogP contribution in [0.3, 0.4) is 0 Å². The van der Waals surface area contributed by atoms with Crippen LogP contribution in [-0.2, 0) is 6.42 Å². The Morgan fingerprint density at radius 3 is 3.00 bits per heavy atom. The van der Waals surface area contributed by atoms with Gasteiger partial charge >= 0.3 is 0 Å². The lowest BCUT2D eigenvalue weighted by Gasteiger charge is -2.03. The van der Waals surface area contributed by atoms with E-state index < -0.39 is 0 Å². The summed E-state index contributed by atoms with van der Waals surface area (Å²) in [6.45, 7) is 4.13. The van der Waals surface area contributed by atoms with Gasteiger partial charge in [-0.2, -0.15) is 0 Å². The quantitative estimate of drug-likeness (QED) is 0.873. The number of hydrogen-bond acceptors (Lipinski definition) is 4. The number of amides is 1. The Hall–Kier alpha value is -1.88. The molecule has 1 N–H and O–H groups in total. The molecule has 0 aliphatic rings. The highest BCUT2D eigenvalue weighted by atomic mass is 35.5. The van der Waals surface area contributed by atoms with Gasteiger partial charge in [0.05, 0.1) is 5.69 Å². The summed E-state index contributed by atoms with van der Waals surface area (Å²) >= 11 is 5.86. The number of carbonyl (C=O) groups excluding carboxylic acids is 1. The van der Waals surface area contributed by atoms with Crippen LogP contribution in [0.2, 0.25) is 5.15 Å². The van der Waals surface area contributed by atoms with Crippen LogP contribution in [0, 0.1) is 5.92 Å². The number of pyridine rings is 1. The second-order valence-electron chi connectivity index (χ2n) is 4.57. The summed E-state index contributed by atoms with van der Waals surface area (Å²) in [5.74, 6) is 0.766. The molecule has 2 aromatic rings. The number of carbonyl (C=O) groups is 1. The summed E-state index contributed by atoms with van der Waals surface area (Å²) in [7, 11) is 0. The van der Waals surface area contributed by atoms with E-state index >= 15 is 0 Å². The van der Waals surface area contributed by atoms with Crippen molar-refractivity contribution in [3.05, 3.63) is 41.0 Å². The minimum Gasteiger partial charge on any atom is -0.361 e. The van der Waals surface area contributed by atoms with E-state index in [1.807, 2.05) is 0 Å². The van der Waals surface area contributed by atoms with Crippen molar-refractivity contribution in [1.82, 2.24) is 10.1 Å². The van der Waals surface area contributed by atoms with Crippen molar-refractivity contribution in [2.45, 2.75) is 20.3 Å². The third kappa shape index (κ3) is 3.54. The van der Waals surface area contributed by atoms with Gasteiger partial charge in [0.1, 0.15) is 5.76 Å². The van der Waals surface area contributed by atoms with Crippen molar-refractivity contribution in [2.75, 3.05) is 5.32 Å². The van der Waals surface area contributed by atoms with E-state index in [1.165, 1.54) is 0 Å². The molecule has 0 fully saturated rings. The zero-order chi connectivity index (χ0) is 13.8.